The zero-order valence-corrected chi connectivity index (χ0v) is 12.0. The summed E-state index contributed by atoms with van der Waals surface area (Å²) in [7, 11) is 0. The molecule has 0 spiro atoms. The average Bonchev–Trinajstić information content (AvgIpc) is 2.38. The normalized spacial score (nSPS) is 27.4. The van der Waals surface area contributed by atoms with Gasteiger partial charge in [-0.15, -0.1) is 0 Å². The number of nitrogens with zero attached hydrogens (tertiary/aromatic N) is 1. The quantitative estimate of drug-likeness (QED) is 0.535. The van der Waals surface area contributed by atoms with E-state index >= 15 is 0 Å². The van der Waals surface area contributed by atoms with Crippen molar-refractivity contribution < 1.29 is 4.79 Å². The van der Waals surface area contributed by atoms with Gasteiger partial charge in [0.25, 0.3) is 0 Å². The summed E-state index contributed by atoms with van der Waals surface area (Å²) < 4.78 is 0. The maximum Gasteiger partial charge on any atom is 0.235 e. The first kappa shape index (κ1) is 13.8. The third kappa shape index (κ3) is 3.45. The predicted molar refractivity (Wildman–Crippen MR) is 74.2 cm³/mol. The summed E-state index contributed by atoms with van der Waals surface area (Å²) in [6.07, 6.45) is 13.5. The molecular weight excluding hydrogens is 222 g/mol. The third-order valence-corrected chi connectivity index (χ3v) is 5.20. The molecule has 0 radical (unpaired) electrons. The molecule has 102 valence electrons. The van der Waals surface area contributed by atoms with Crippen LogP contribution in [-0.2, 0) is 4.79 Å². The zero-order chi connectivity index (χ0) is 13.0. The third-order valence-electron chi connectivity index (χ3n) is 5.20. The number of isocyanates is 1. The van der Waals surface area contributed by atoms with Crippen molar-refractivity contribution in [3.8, 4) is 0 Å². The number of aliphatic imine (C=N–C) groups is 1. The van der Waals surface area contributed by atoms with Gasteiger partial charge in [0, 0.05) is 0 Å². The minimum Gasteiger partial charge on any atom is -0.211 e. The molecule has 0 aromatic rings. The highest BCUT2D eigenvalue weighted by molar-refractivity contribution is 5.33. The fourth-order valence-electron chi connectivity index (χ4n) is 3.90. The van der Waals surface area contributed by atoms with Crippen LogP contribution in [0.15, 0.2) is 4.99 Å². The minimum atomic E-state index is 0.277. The Kier molecular flexibility index (Phi) is 4.61. The molecule has 2 aliphatic carbocycles. The monoisotopic (exact) mass is 249 g/mol. The van der Waals surface area contributed by atoms with E-state index in [1.807, 2.05) is 6.08 Å². The van der Waals surface area contributed by atoms with Crippen molar-refractivity contribution in [1.82, 2.24) is 0 Å². The predicted octanol–water partition coefficient (Wildman–Crippen LogP) is 4.49. The van der Waals surface area contributed by atoms with Crippen LogP contribution in [0.4, 0.5) is 0 Å². The second-order valence-electron chi connectivity index (χ2n) is 7.11. The van der Waals surface area contributed by atoms with Crippen LogP contribution in [0.3, 0.4) is 0 Å². The van der Waals surface area contributed by atoms with Crippen molar-refractivity contribution in [2.24, 2.45) is 22.2 Å². The first-order valence-electron chi connectivity index (χ1n) is 7.69. The number of hydrogen-bond donors (Lipinski definition) is 0. The molecular formula is C16H27NO. The molecule has 2 heteroatoms. The van der Waals surface area contributed by atoms with Gasteiger partial charge in [-0.1, -0.05) is 33.1 Å². The van der Waals surface area contributed by atoms with Crippen molar-refractivity contribution >= 4 is 6.08 Å². The Hall–Kier alpha value is -0.620. The van der Waals surface area contributed by atoms with Gasteiger partial charge in [0.2, 0.25) is 6.08 Å². The maximum absolute atomic E-state index is 10.7. The van der Waals surface area contributed by atoms with Gasteiger partial charge in [0.05, 0.1) is 6.04 Å². The summed E-state index contributed by atoms with van der Waals surface area (Å²) in [6.45, 7) is 4.73. The Morgan fingerprint density at radius 2 is 1.56 bits per heavy atom. The molecule has 2 rings (SSSR count). The molecule has 2 saturated carbocycles. The van der Waals surface area contributed by atoms with Gasteiger partial charge in [-0.25, -0.2) is 9.79 Å². The van der Waals surface area contributed by atoms with E-state index in [1.54, 1.807) is 0 Å². The van der Waals surface area contributed by atoms with E-state index in [2.05, 4.69) is 18.8 Å². The van der Waals surface area contributed by atoms with Crippen LogP contribution >= 0.6 is 0 Å². The summed E-state index contributed by atoms with van der Waals surface area (Å²) in [4.78, 5) is 14.9. The largest absolute Gasteiger partial charge is 0.235 e. The van der Waals surface area contributed by atoms with Crippen LogP contribution in [-0.4, -0.2) is 12.1 Å². The number of rotatable bonds is 3. The Bertz CT molecular complexity index is 301. The van der Waals surface area contributed by atoms with Crippen LogP contribution in [0.25, 0.3) is 0 Å². The molecule has 0 N–H and O–H groups in total. The lowest BCUT2D eigenvalue weighted by Gasteiger charge is -2.39. The van der Waals surface area contributed by atoms with Gasteiger partial charge in [-0.2, -0.15) is 0 Å². The van der Waals surface area contributed by atoms with E-state index in [0.717, 1.165) is 0 Å². The first-order valence-corrected chi connectivity index (χ1v) is 7.69. The molecule has 0 aromatic carbocycles. The molecule has 18 heavy (non-hydrogen) atoms. The SMILES string of the molecule is CC1(C)CCC(C(N=C=O)C2CCCCC2)CC1. The molecule has 0 saturated heterocycles. The Balaban J connectivity index is 1.99. The van der Waals surface area contributed by atoms with Crippen molar-refractivity contribution in [3.63, 3.8) is 0 Å². The zero-order valence-electron chi connectivity index (χ0n) is 12.0. The molecule has 0 bridgehead atoms. The van der Waals surface area contributed by atoms with E-state index in [4.69, 9.17) is 0 Å². The standard InChI is InChI=1S/C16H27NO/c1-16(2)10-8-14(9-11-16)15(17-12-18)13-6-4-3-5-7-13/h13-15H,3-11H2,1-2H3. The average molecular weight is 249 g/mol. The Labute approximate surface area is 111 Å². The van der Waals surface area contributed by atoms with Gasteiger partial charge < -0.3 is 0 Å². The highest BCUT2D eigenvalue weighted by atomic mass is 16.1. The van der Waals surface area contributed by atoms with Crippen molar-refractivity contribution in [2.45, 2.75) is 77.7 Å². The molecule has 2 nitrogen and oxygen atoms in total. The molecule has 1 atom stereocenters. The second-order valence-corrected chi connectivity index (χ2v) is 7.11. The molecule has 2 aliphatic rings. The molecule has 0 amide bonds. The Morgan fingerprint density at radius 1 is 1.00 bits per heavy atom. The fraction of sp³-hybridized carbons (Fsp3) is 0.938. The van der Waals surface area contributed by atoms with Crippen molar-refractivity contribution in [3.05, 3.63) is 0 Å². The molecule has 1 unspecified atom stereocenters. The molecule has 0 aliphatic heterocycles. The van der Waals surface area contributed by atoms with Crippen LogP contribution in [0.2, 0.25) is 0 Å². The Morgan fingerprint density at radius 3 is 2.11 bits per heavy atom. The lowest BCUT2D eigenvalue weighted by atomic mass is 9.68. The highest BCUT2D eigenvalue weighted by Crippen LogP contribution is 2.43. The van der Waals surface area contributed by atoms with Crippen molar-refractivity contribution in [1.29, 1.82) is 0 Å². The smallest absolute Gasteiger partial charge is 0.211 e. The van der Waals surface area contributed by atoms with Crippen LogP contribution in [0, 0.1) is 17.3 Å². The van der Waals surface area contributed by atoms with Crippen LogP contribution in [0.1, 0.15) is 71.6 Å². The molecule has 0 heterocycles. The number of hydrogen-bond acceptors (Lipinski definition) is 2. The van der Waals surface area contributed by atoms with Crippen molar-refractivity contribution in [2.75, 3.05) is 0 Å². The summed E-state index contributed by atoms with van der Waals surface area (Å²) >= 11 is 0. The topological polar surface area (TPSA) is 29.4 Å². The summed E-state index contributed by atoms with van der Waals surface area (Å²) in [5.74, 6) is 1.30. The van der Waals surface area contributed by atoms with Gasteiger partial charge in [-0.3, -0.25) is 0 Å². The van der Waals surface area contributed by atoms with Gasteiger partial charge in [0.15, 0.2) is 0 Å². The van der Waals surface area contributed by atoms with Gasteiger partial charge >= 0.3 is 0 Å². The van der Waals surface area contributed by atoms with E-state index in [1.165, 1.54) is 57.8 Å². The van der Waals surface area contributed by atoms with Gasteiger partial charge in [0.1, 0.15) is 0 Å². The summed E-state index contributed by atoms with van der Waals surface area (Å²) in [6, 6.07) is 0.277. The molecule has 0 aromatic heterocycles. The fourth-order valence-corrected chi connectivity index (χ4v) is 3.90. The van der Waals surface area contributed by atoms with E-state index < -0.39 is 0 Å². The summed E-state index contributed by atoms with van der Waals surface area (Å²) in [5.41, 5.74) is 0.499. The first-order chi connectivity index (χ1) is 8.62. The summed E-state index contributed by atoms with van der Waals surface area (Å²) in [5, 5.41) is 0. The lowest BCUT2D eigenvalue weighted by Crippen LogP contribution is -2.34. The molecule has 2 fully saturated rings. The lowest BCUT2D eigenvalue weighted by molar-refractivity contribution is 0.141. The highest BCUT2D eigenvalue weighted by Gasteiger charge is 2.35. The van der Waals surface area contributed by atoms with Gasteiger partial charge in [-0.05, 0) is 55.8 Å². The maximum atomic E-state index is 10.7. The van der Waals surface area contributed by atoms with E-state index in [9.17, 15) is 4.79 Å². The van der Waals surface area contributed by atoms with Crippen LogP contribution in [0.5, 0.6) is 0 Å². The number of carbonyl (C=O) groups excluding carboxylic acids is 1. The van der Waals surface area contributed by atoms with Crippen LogP contribution < -0.4 is 0 Å². The van der Waals surface area contributed by atoms with E-state index in [-0.39, 0.29) is 6.04 Å². The second kappa shape index (κ2) is 6.02. The van der Waals surface area contributed by atoms with E-state index in [0.29, 0.717) is 17.3 Å². The minimum absolute atomic E-state index is 0.277.